The molecule has 0 saturated carbocycles. The van der Waals surface area contributed by atoms with Gasteiger partial charge in [-0.1, -0.05) is 15.9 Å². The van der Waals surface area contributed by atoms with Gasteiger partial charge in [-0.2, -0.15) is 0 Å². The molecule has 13 heavy (non-hydrogen) atoms. The van der Waals surface area contributed by atoms with E-state index in [4.69, 9.17) is 4.42 Å². The van der Waals surface area contributed by atoms with Gasteiger partial charge in [0.1, 0.15) is 0 Å². The Hall–Kier alpha value is -1.03. The number of H-pyrrole nitrogens is 1. The van der Waals surface area contributed by atoms with E-state index < -0.39 is 5.76 Å². The van der Waals surface area contributed by atoms with Crippen molar-refractivity contribution in [3.8, 4) is 0 Å². The van der Waals surface area contributed by atoms with E-state index in [1.165, 1.54) is 0 Å². The van der Waals surface area contributed by atoms with Crippen LogP contribution in [0.4, 0.5) is 0 Å². The minimum Gasteiger partial charge on any atom is -0.408 e. The van der Waals surface area contributed by atoms with Gasteiger partial charge < -0.3 is 4.42 Å². The van der Waals surface area contributed by atoms with E-state index in [2.05, 4.69) is 20.9 Å². The van der Waals surface area contributed by atoms with Gasteiger partial charge in [-0.3, -0.25) is 4.98 Å². The second kappa shape index (κ2) is 2.73. The number of aromatic nitrogens is 1. The second-order valence-corrected chi connectivity index (χ2v) is 3.85. The zero-order valence-electron chi connectivity index (χ0n) is 7.27. The molecule has 0 unspecified atom stereocenters. The highest BCUT2D eigenvalue weighted by Gasteiger charge is 2.08. The average molecular weight is 242 g/mol. The highest BCUT2D eigenvalue weighted by Crippen LogP contribution is 2.26. The second-order valence-electron chi connectivity index (χ2n) is 3.00. The van der Waals surface area contributed by atoms with Crippen LogP contribution >= 0.6 is 15.9 Å². The van der Waals surface area contributed by atoms with Crippen LogP contribution in [0.3, 0.4) is 0 Å². The van der Waals surface area contributed by atoms with E-state index in [1.54, 1.807) is 0 Å². The van der Waals surface area contributed by atoms with E-state index in [9.17, 15) is 4.79 Å². The standard InChI is InChI=1S/C9H8BrNO2/c1-4-5(2)8-7(3-6(4)10)11-9(12)13-8/h3H,1-2H3,(H,11,12). The van der Waals surface area contributed by atoms with Crippen LogP contribution in [-0.4, -0.2) is 4.98 Å². The van der Waals surface area contributed by atoms with Crippen molar-refractivity contribution in [1.82, 2.24) is 4.98 Å². The summed E-state index contributed by atoms with van der Waals surface area (Å²) in [7, 11) is 0. The summed E-state index contributed by atoms with van der Waals surface area (Å²) in [5.74, 6) is -0.407. The molecule has 0 radical (unpaired) electrons. The smallest absolute Gasteiger partial charge is 0.408 e. The summed E-state index contributed by atoms with van der Waals surface area (Å²) in [5.41, 5.74) is 3.46. The number of oxazole rings is 1. The predicted octanol–water partition coefficient (Wildman–Crippen LogP) is 2.50. The third-order valence-electron chi connectivity index (χ3n) is 2.21. The summed E-state index contributed by atoms with van der Waals surface area (Å²) in [6.45, 7) is 3.91. The minimum atomic E-state index is -0.407. The van der Waals surface area contributed by atoms with Crippen LogP contribution in [-0.2, 0) is 0 Å². The number of rotatable bonds is 0. The highest BCUT2D eigenvalue weighted by molar-refractivity contribution is 9.10. The summed E-state index contributed by atoms with van der Waals surface area (Å²) in [6.07, 6.45) is 0. The highest BCUT2D eigenvalue weighted by atomic mass is 79.9. The molecule has 0 aliphatic heterocycles. The van der Waals surface area contributed by atoms with Crippen LogP contribution in [0.25, 0.3) is 11.1 Å². The zero-order chi connectivity index (χ0) is 9.59. The molecule has 0 aliphatic carbocycles. The first kappa shape index (κ1) is 8.56. The van der Waals surface area contributed by atoms with Crippen molar-refractivity contribution in [2.24, 2.45) is 0 Å². The van der Waals surface area contributed by atoms with Crippen molar-refractivity contribution in [2.75, 3.05) is 0 Å². The van der Waals surface area contributed by atoms with Crippen LogP contribution in [0.2, 0.25) is 0 Å². The molecule has 68 valence electrons. The van der Waals surface area contributed by atoms with Gasteiger partial charge in [0.15, 0.2) is 5.58 Å². The number of hydrogen-bond donors (Lipinski definition) is 1. The fraction of sp³-hybridized carbons (Fsp3) is 0.222. The van der Waals surface area contributed by atoms with E-state index in [-0.39, 0.29) is 0 Å². The number of aromatic amines is 1. The lowest BCUT2D eigenvalue weighted by Gasteiger charge is -2.01. The SMILES string of the molecule is Cc1c(Br)cc2[nH]c(=O)oc2c1C. The Labute approximate surface area is 82.9 Å². The van der Waals surface area contributed by atoms with Crippen molar-refractivity contribution < 1.29 is 4.42 Å². The number of benzene rings is 1. The minimum absolute atomic E-state index is 0.407. The average Bonchev–Trinajstić information content (AvgIpc) is 2.42. The largest absolute Gasteiger partial charge is 0.417 e. The molecular formula is C9H8BrNO2. The zero-order valence-corrected chi connectivity index (χ0v) is 8.86. The van der Waals surface area contributed by atoms with Gasteiger partial charge in [0.05, 0.1) is 5.52 Å². The maximum atomic E-state index is 10.9. The Morgan fingerprint density at radius 3 is 2.77 bits per heavy atom. The molecule has 1 heterocycles. The third-order valence-corrected chi connectivity index (χ3v) is 3.03. The van der Waals surface area contributed by atoms with Gasteiger partial charge >= 0.3 is 5.76 Å². The molecule has 0 atom stereocenters. The lowest BCUT2D eigenvalue weighted by Crippen LogP contribution is -1.92. The van der Waals surface area contributed by atoms with E-state index in [0.29, 0.717) is 5.58 Å². The van der Waals surface area contributed by atoms with E-state index in [1.807, 2.05) is 19.9 Å². The summed E-state index contributed by atoms with van der Waals surface area (Å²) in [6, 6.07) is 1.85. The summed E-state index contributed by atoms with van der Waals surface area (Å²) < 4.78 is 5.98. The van der Waals surface area contributed by atoms with Crippen molar-refractivity contribution in [3.05, 3.63) is 32.2 Å². The van der Waals surface area contributed by atoms with Gasteiger partial charge in [0.25, 0.3) is 0 Å². The normalized spacial score (nSPS) is 11.0. The van der Waals surface area contributed by atoms with E-state index in [0.717, 1.165) is 21.1 Å². The molecule has 4 heteroatoms. The predicted molar refractivity (Wildman–Crippen MR) is 54.0 cm³/mol. The van der Waals surface area contributed by atoms with Gasteiger partial charge in [0, 0.05) is 4.47 Å². The molecule has 0 spiro atoms. The van der Waals surface area contributed by atoms with E-state index >= 15 is 0 Å². The Morgan fingerprint density at radius 1 is 1.38 bits per heavy atom. The third kappa shape index (κ3) is 1.21. The first-order valence-electron chi connectivity index (χ1n) is 3.88. The Bertz CT molecular complexity index is 524. The van der Waals surface area contributed by atoms with Gasteiger partial charge in [-0.15, -0.1) is 0 Å². The number of nitrogens with one attached hydrogen (secondary N) is 1. The Balaban J connectivity index is 3.00. The molecule has 2 aromatic rings. The van der Waals surface area contributed by atoms with Crippen molar-refractivity contribution in [1.29, 1.82) is 0 Å². The summed E-state index contributed by atoms with van der Waals surface area (Å²) >= 11 is 3.41. The molecule has 3 nitrogen and oxygen atoms in total. The quantitative estimate of drug-likeness (QED) is 0.771. The van der Waals surface area contributed by atoms with Crippen LogP contribution in [0.1, 0.15) is 11.1 Å². The number of aryl methyl sites for hydroxylation is 1. The van der Waals surface area contributed by atoms with Crippen LogP contribution < -0.4 is 5.76 Å². The molecule has 0 aliphatic rings. The molecular weight excluding hydrogens is 234 g/mol. The van der Waals surface area contributed by atoms with Crippen LogP contribution in [0.15, 0.2) is 19.8 Å². The fourth-order valence-corrected chi connectivity index (χ4v) is 1.83. The monoisotopic (exact) mass is 241 g/mol. The molecule has 0 saturated heterocycles. The fourth-order valence-electron chi connectivity index (χ4n) is 1.30. The molecule has 0 fully saturated rings. The Morgan fingerprint density at radius 2 is 2.08 bits per heavy atom. The van der Waals surface area contributed by atoms with Crippen molar-refractivity contribution in [3.63, 3.8) is 0 Å². The number of fused-ring (bicyclic) bond motifs is 1. The molecule has 1 aromatic heterocycles. The number of halogens is 1. The maximum Gasteiger partial charge on any atom is 0.417 e. The van der Waals surface area contributed by atoms with Crippen molar-refractivity contribution >= 4 is 27.0 Å². The first-order valence-corrected chi connectivity index (χ1v) is 4.67. The molecule has 1 aromatic carbocycles. The topological polar surface area (TPSA) is 46.0 Å². The van der Waals surface area contributed by atoms with Gasteiger partial charge in [-0.05, 0) is 31.0 Å². The first-order chi connectivity index (χ1) is 6.09. The van der Waals surface area contributed by atoms with Crippen LogP contribution in [0, 0.1) is 13.8 Å². The molecule has 0 bridgehead atoms. The Kier molecular flexibility index (Phi) is 1.80. The van der Waals surface area contributed by atoms with Crippen LogP contribution in [0.5, 0.6) is 0 Å². The lowest BCUT2D eigenvalue weighted by atomic mass is 10.1. The molecule has 0 amide bonds. The van der Waals surface area contributed by atoms with Gasteiger partial charge in [0.2, 0.25) is 0 Å². The molecule has 2 rings (SSSR count). The van der Waals surface area contributed by atoms with Gasteiger partial charge in [-0.25, -0.2) is 4.79 Å². The molecule has 1 N–H and O–H groups in total. The maximum absolute atomic E-state index is 10.9. The van der Waals surface area contributed by atoms with Crippen molar-refractivity contribution in [2.45, 2.75) is 13.8 Å². The summed E-state index contributed by atoms with van der Waals surface area (Å²) in [4.78, 5) is 13.5. The number of hydrogen-bond acceptors (Lipinski definition) is 2. The summed E-state index contributed by atoms with van der Waals surface area (Å²) in [5, 5.41) is 0. The lowest BCUT2D eigenvalue weighted by molar-refractivity contribution is 0.553.